The average molecular weight is 312 g/mol. The SMILES string of the molecule is CC1Oc2ccc(NC(=O)C3CCNC3)cc2NC1=O.Cl. The fourth-order valence-corrected chi connectivity index (χ4v) is 2.41. The van der Waals surface area contributed by atoms with Crippen molar-refractivity contribution >= 4 is 35.6 Å². The molecular formula is C14H18ClN3O3. The number of hydrogen-bond acceptors (Lipinski definition) is 4. The molecule has 0 bridgehead atoms. The number of benzene rings is 1. The summed E-state index contributed by atoms with van der Waals surface area (Å²) in [6.45, 7) is 3.29. The van der Waals surface area contributed by atoms with Crippen molar-refractivity contribution in [3.05, 3.63) is 18.2 Å². The molecular weight excluding hydrogens is 294 g/mol. The van der Waals surface area contributed by atoms with Crippen LogP contribution in [0.1, 0.15) is 13.3 Å². The summed E-state index contributed by atoms with van der Waals surface area (Å²) in [6, 6.07) is 5.26. The van der Waals surface area contributed by atoms with E-state index >= 15 is 0 Å². The Kier molecular flexibility index (Phi) is 4.69. The summed E-state index contributed by atoms with van der Waals surface area (Å²) >= 11 is 0. The van der Waals surface area contributed by atoms with E-state index in [2.05, 4.69) is 16.0 Å². The minimum absolute atomic E-state index is 0. The molecule has 0 spiro atoms. The first-order chi connectivity index (χ1) is 9.63. The van der Waals surface area contributed by atoms with E-state index in [0.717, 1.165) is 13.0 Å². The van der Waals surface area contributed by atoms with Gasteiger partial charge in [-0.1, -0.05) is 0 Å². The van der Waals surface area contributed by atoms with Gasteiger partial charge in [0.15, 0.2) is 6.10 Å². The number of ether oxygens (including phenoxy) is 1. The van der Waals surface area contributed by atoms with Gasteiger partial charge in [-0.15, -0.1) is 12.4 Å². The van der Waals surface area contributed by atoms with E-state index in [1.54, 1.807) is 25.1 Å². The van der Waals surface area contributed by atoms with Crippen LogP contribution in [0, 0.1) is 5.92 Å². The largest absolute Gasteiger partial charge is 0.479 e. The Morgan fingerprint density at radius 1 is 1.43 bits per heavy atom. The third-order valence-electron chi connectivity index (χ3n) is 3.61. The fraction of sp³-hybridized carbons (Fsp3) is 0.429. The molecule has 2 amide bonds. The fourth-order valence-electron chi connectivity index (χ4n) is 2.41. The summed E-state index contributed by atoms with van der Waals surface area (Å²) in [6.07, 6.45) is 0.362. The Morgan fingerprint density at radius 2 is 2.24 bits per heavy atom. The molecule has 7 heteroatoms. The average Bonchev–Trinajstić information content (AvgIpc) is 2.94. The Bertz CT molecular complexity index is 558. The molecule has 0 aromatic heterocycles. The number of anilines is 2. The van der Waals surface area contributed by atoms with Crippen LogP contribution in [-0.2, 0) is 9.59 Å². The lowest BCUT2D eigenvalue weighted by atomic mass is 10.1. The maximum absolute atomic E-state index is 12.0. The van der Waals surface area contributed by atoms with Crippen molar-refractivity contribution in [1.29, 1.82) is 0 Å². The number of carbonyl (C=O) groups is 2. The number of amides is 2. The van der Waals surface area contributed by atoms with Gasteiger partial charge in [0.05, 0.1) is 11.6 Å². The van der Waals surface area contributed by atoms with Crippen molar-refractivity contribution < 1.29 is 14.3 Å². The predicted molar refractivity (Wildman–Crippen MR) is 82.0 cm³/mol. The molecule has 2 heterocycles. The smallest absolute Gasteiger partial charge is 0.265 e. The van der Waals surface area contributed by atoms with Crippen molar-refractivity contribution in [2.75, 3.05) is 23.7 Å². The number of rotatable bonds is 2. The standard InChI is InChI=1S/C14H17N3O3.ClH/c1-8-13(18)17-11-6-10(2-3-12(11)20-8)16-14(19)9-4-5-15-7-9;/h2-3,6,8-9,15H,4-5,7H2,1H3,(H,16,19)(H,17,18);1H. The lowest BCUT2D eigenvalue weighted by Gasteiger charge is -2.23. The summed E-state index contributed by atoms with van der Waals surface area (Å²) in [7, 11) is 0. The first kappa shape index (κ1) is 15.6. The van der Waals surface area contributed by atoms with E-state index in [-0.39, 0.29) is 30.1 Å². The quantitative estimate of drug-likeness (QED) is 0.771. The Hall–Kier alpha value is -1.79. The highest BCUT2D eigenvalue weighted by Gasteiger charge is 2.25. The van der Waals surface area contributed by atoms with Crippen molar-refractivity contribution in [3.63, 3.8) is 0 Å². The normalized spacial score (nSPS) is 23.4. The Balaban J connectivity index is 0.00000161. The molecule has 2 aliphatic heterocycles. The Labute approximate surface area is 129 Å². The van der Waals surface area contributed by atoms with Gasteiger partial charge in [-0.3, -0.25) is 9.59 Å². The summed E-state index contributed by atoms with van der Waals surface area (Å²) in [5, 5.41) is 8.80. The topological polar surface area (TPSA) is 79.5 Å². The van der Waals surface area contributed by atoms with E-state index in [1.807, 2.05) is 0 Å². The summed E-state index contributed by atoms with van der Waals surface area (Å²) < 4.78 is 5.47. The van der Waals surface area contributed by atoms with Crippen LogP contribution in [0.2, 0.25) is 0 Å². The van der Waals surface area contributed by atoms with E-state index in [4.69, 9.17) is 4.74 Å². The van der Waals surface area contributed by atoms with Gasteiger partial charge in [0.1, 0.15) is 5.75 Å². The van der Waals surface area contributed by atoms with Gasteiger partial charge >= 0.3 is 0 Å². The first-order valence-corrected chi connectivity index (χ1v) is 6.76. The minimum atomic E-state index is -0.493. The molecule has 3 N–H and O–H groups in total. The zero-order valence-electron chi connectivity index (χ0n) is 11.6. The lowest BCUT2D eigenvalue weighted by Crippen LogP contribution is -2.34. The van der Waals surface area contributed by atoms with Crippen molar-refractivity contribution in [1.82, 2.24) is 5.32 Å². The second kappa shape index (κ2) is 6.32. The first-order valence-electron chi connectivity index (χ1n) is 6.76. The molecule has 2 atom stereocenters. The van der Waals surface area contributed by atoms with E-state index in [1.165, 1.54) is 0 Å². The molecule has 1 saturated heterocycles. The van der Waals surface area contributed by atoms with Gasteiger partial charge in [0, 0.05) is 12.2 Å². The molecule has 1 fully saturated rings. The lowest BCUT2D eigenvalue weighted by molar-refractivity contribution is -0.122. The van der Waals surface area contributed by atoms with Crippen molar-refractivity contribution in [3.8, 4) is 5.75 Å². The van der Waals surface area contributed by atoms with Gasteiger partial charge in [0.25, 0.3) is 5.91 Å². The minimum Gasteiger partial charge on any atom is -0.479 e. The van der Waals surface area contributed by atoms with Crippen LogP contribution >= 0.6 is 12.4 Å². The number of fused-ring (bicyclic) bond motifs is 1. The van der Waals surface area contributed by atoms with Crippen LogP contribution in [0.15, 0.2) is 18.2 Å². The van der Waals surface area contributed by atoms with Gasteiger partial charge in [-0.25, -0.2) is 0 Å². The molecule has 21 heavy (non-hydrogen) atoms. The van der Waals surface area contributed by atoms with Crippen LogP contribution in [0.5, 0.6) is 5.75 Å². The van der Waals surface area contributed by atoms with Crippen LogP contribution in [0.25, 0.3) is 0 Å². The van der Waals surface area contributed by atoms with Gasteiger partial charge < -0.3 is 20.7 Å². The van der Waals surface area contributed by atoms with Crippen LogP contribution in [0.4, 0.5) is 11.4 Å². The monoisotopic (exact) mass is 311 g/mol. The highest BCUT2D eigenvalue weighted by molar-refractivity contribution is 5.99. The van der Waals surface area contributed by atoms with Crippen molar-refractivity contribution in [2.45, 2.75) is 19.4 Å². The van der Waals surface area contributed by atoms with Crippen LogP contribution in [0.3, 0.4) is 0 Å². The zero-order chi connectivity index (χ0) is 14.1. The van der Waals surface area contributed by atoms with Gasteiger partial charge in [-0.2, -0.15) is 0 Å². The predicted octanol–water partition coefficient (Wildman–Crippen LogP) is 1.38. The van der Waals surface area contributed by atoms with Crippen LogP contribution < -0.4 is 20.7 Å². The number of nitrogens with one attached hydrogen (secondary N) is 3. The molecule has 0 aliphatic carbocycles. The third kappa shape index (κ3) is 3.28. The molecule has 114 valence electrons. The highest BCUT2D eigenvalue weighted by Crippen LogP contribution is 2.32. The van der Waals surface area contributed by atoms with E-state index in [0.29, 0.717) is 23.7 Å². The Morgan fingerprint density at radius 3 is 2.95 bits per heavy atom. The highest BCUT2D eigenvalue weighted by atomic mass is 35.5. The zero-order valence-corrected chi connectivity index (χ0v) is 12.5. The van der Waals surface area contributed by atoms with E-state index in [9.17, 15) is 9.59 Å². The summed E-state index contributed by atoms with van der Waals surface area (Å²) in [5.74, 6) is 0.460. The third-order valence-corrected chi connectivity index (χ3v) is 3.61. The summed E-state index contributed by atoms with van der Waals surface area (Å²) in [5.41, 5.74) is 1.26. The number of hydrogen-bond donors (Lipinski definition) is 3. The molecule has 2 unspecified atom stereocenters. The maximum atomic E-state index is 12.0. The molecule has 1 aromatic carbocycles. The molecule has 2 aliphatic rings. The molecule has 6 nitrogen and oxygen atoms in total. The van der Waals surface area contributed by atoms with E-state index < -0.39 is 6.10 Å². The van der Waals surface area contributed by atoms with Gasteiger partial charge in [0.2, 0.25) is 5.91 Å². The second-order valence-electron chi connectivity index (χ2n) is 5.14. The number of carbonyl (C=O) groups excluding carboxylic acids is 2. The molecule has 0 saturated carbocycles. The number of halogens is 1. The van der Waals surface area contributed by atoms with Gasteiger partial charge in [-0.05, 0) is 38.1 Å². The van der Waals surface area contributed by atoms with Crippen molar-refractivity contribution in [2.24, 2.45) is 5.92 Å². The molecule has 1 aromatic rings. The maximum Gasteiger partial charge on any atom is 0.265 e. The summed E-state index contributed by atoms with van der Waals surface area (Å²) in [4.78, 5) is 23.6. The molecule has 0 radical (unpaired) electrons. The second-order valence-corrected chi connectivity index (χ2v) is 5.14. The molecule has 3 rings (SSSR count). The van der Waals surface area contributed by atoms with Crippen LogP contribution in [-0.4, -0.2) is 31.0 Å².